The average molecular weight is 312 g/mol. The van der Waals surface area contributed by atoms with Crippen molar-refractivity contribution in [2.75, 3.05) is 0 Å². The van der Waals surface area contributed by atoms with E-state index in [1.54, 1.807) is 0 Å². The van der Waals surface area contributed by atoms with E-state index in [9.17, 15) is 4.79 Å². The van der Waals surface area contributed by atoms with Gasteiger partial charge in [-0.3, -0.25) is 4.79 Å². The topological polar surface area (TPSA) is 44.9 Å². The zero-order valence-corrected chi connectivity index (χ0v) is 14.1. The Kier molecular flexibility index (Phi) is 3.57. The first-order chi connectivity index (χ1) is 10.3. The molecule has 0 aliphatic rings. The smallest absolute Gasteiger partial charge is 0.261 e. The van der Waals surface area contributed by atoms with E-state index in [1.165, 1.54) is 16.7 Å². The van der Waals surface area contributed by atoms with E-state index >= 15 is 0 Å². The fourth-order valence-electron chi connectivity index (χ4n) is 2.47. The van der Waals surface area contributed by atoms with E-state index in [2.05, 4.69) is 41.5 Å². The maximum absolute atomic E-state index is 12.2. The summed E-state index contributed by atoms with van der Waals surface area (Å²) in [4.78, 5) is 16.3. The molecule has 3 aromatic rings. The number of aryl methyl sites for hydroxylation is 1. The maximum atomic E-state index is 12.2. The number of aromatic amines is 1. The van der Waals surface area contributed by atoms with Crippen molar-refractivity contribution in [2.45, 2.75) is 33.2 Å². The molecular weight excluding hydrogens is 292 g/mol. The van der Waals surface area contributed by atoms with Crippen LogP contribution in [-0.4, -0.2) is 16.4 Å². The van der Waals surface area contributed by atoms with Gasteiger partial charge in [-0.25, -0.2) is 0 Å². The van der Waals surface area contributed by atoms with Crippen LogP contribution in [0, 0.1) is 6.92 Å². The summed E-state index contributed by atoms with van der Waals surface area (Å²) >= 11 is 1.48. The van der Waals surface area contributed by atoms with Gasteiger partial charge in [0.2, 0.25) is 0 Å². The molecule has 0 aliphatic heterocycles. The number of hydrogen-bond donors (Lipinski definition) is 2. The van der Waals surface area contributed by atoms with E-state index in [1.807, 2.05) is 32.2 Å². The van der Waals surface area contributed by atoms with Crippen molar-refractivity contribution in [3.63, 3.8) is 0 Å². The van der Waals surface area contributed by atoms with Gasteiger partial charge in [0.05, 0.1) is 4.88 Å². The molecule has 0 unspecified atom stereocenters. The highest BCUT2D eigenvalue weighted by Gasteiger charge is 2.17. The van der Waals surface area contributed by atoms with Crippen LogP contribution in [-0.2, 0) is 0 Å². The molecule has 3 nitrogen and oxygen atoms in total. The van der Waals surface area contributed by atoms with E-state index in [0.717, 1.165) is 27.2 Å². The van der Waals surface area contributed by atoms with Crippen LogP contribution < -0.4 is 5.32 Å². The number of carbonyl (C=O) groups excluding carboxylic acids is 1. The normalized spacial score (nSPS) is 11.8. The number of hydrogen-bond acceptors (Lipinski definition) is 2. The van der Waals surface area contributed by atoms with Crippen LogP contribution in [0.5, 0.6) is 0 Å². The summed E-state index contributed by atoms with van der Waals surface area (Å²) in [6, 6.07) is 10.4. The van der Waals surface area contributed by atoms with Crippen molar-refractivity contribution in [2.24, 2.45) is 0 Å². The molecule has 0 aliphatic carbocycles. The van der Waals surface area contributed by atoms with Gasteiger partial charge in [-0.15, -0.1) is 11.3 Å². The fraction of sp³-hybridized carbons (Fsp3) is 0.278. The highest BCUT2D eigenvalue weighted by Crippen LogP contribution is 2.29. The molecule has 0 saturated carbocycles. The van der Waals surface area contributed by atoms with Crippen LogP contribution in [0.3, 0.4) is 0 Å². The monoisotopic (exact) mass is 312 g/mol. The van der Waals surface area contributed by atoms with Gasteiger partial charge in [0.1, 0.15) is 0 Å². The summed E-state index contributed by atoms with van der Waals surface area (Å²) in [7, 11) is 0. The van der Waals surface area contributed by atoms with Crippen LogP contribution in [0.1, 0.15) is 36.1 Å². The lowest BCUT2D eigenvalue weighted by Gasteiger charge is -2.19. The third kappa shape index (κ3) is 3.07. The van der Waals surface area contributed by atoms with Gasteiger partial charge in [-0.1, -0.05) is 6.07 Å². The molecule has 2 N–H and O–H groups in total. The first-order valence-electron chi connectivity index (χ1n) is 7.33. The van der Waals surface area contributed by atoms with Crippen molar-refractivity contribution in [3.8, 4) is 11.1 Å². The quantitative estimate of drug-likeness (QED) is 0.705. The van der Waals surface area contributed by atoms with Gasteiger partial charge in [-0.05, 0) is 68.5 Å². The Labute approximate surface area is 134 Å². The summed E-state index contributed by atoms with van der Waals surface area (Å²) in [6.45, 7) is 8.02. The number of nitrogens with one attached hydrogen (secondary N) is 2. The lowest BCUT2D eigenvalue weighted by Crippen LogP contribution is -2.40. The minimum Gasteiger partial charge on any atom is -0.359 e. The summed E-state index contributed by atoms with van der Waals surface area (Å²) in [5.74, 6) is -0.0117. The van der Waals surface area contributed by atoms with Crippen LogP contribution >= 0.6 is 11.3 Å². The lowest BCUT2D eigenvalue weighted by atomic mass is 10.1. The van der Waals surface area contributed by atoms with Gasteiger partial charge in [-0.2, -0.15) is 0 Å². The van der Waals surface area contributed by atoms with Crippen molar-refractivity contribution in [3.05, 3.63) is 46.3 Å². The van der Waals surface area contributed by atoms with Crippen molar-refractivity contribution < 1.29 is 4.79 Å². The van der Waals surface area contributed by atoms with Gasteiger partial charge in [0, 0.05) is 22.1 Å². The van der Waals surface area contributed by atoms with E-state index < -0.39 is 0 Å². The predicted molar refractivity (Wildman–Crippen MR) is 93.6 cm³/mol. The highest BCUT2D eigenvalue weighted by molar-refractivity contribution is 7.12. The number of thiophene rings is 1. The Morgan fingerprint density at radius 1 is 1.14 bits per heavy atom. The number of amides is 1. The van der Waals surface area contributed by atoms with Crippen molar-refractivity contribution in [1.82, 2.24) is 10.3 Å². The van der Waals surface area contributed by atoms with Crippen LogP contribution in [0.15, 0.2) is 35.7 Å². The second-order valence-corrected chi connectivity index (χ2v) is 7.57. The minimum absolute atomic E-state index is 0.0117. The first kappa shape index (κ1) is 14.9. The number of carbonyl (C=O) groups is 1. The third-order valence-electron chi connectivity index (χ3n) is 3.40. The van der Waals surface area contributed by atoms with E-state index in [0.29, 0.717) is 0 Å². The summed E-state index contributed by atoms with van der Waals surface area (Å²) in [6.07, 6.45) is 0. The van der Waals surface area contributed by atoms with Crippen molar-refractivity contribution >= 4 is 28.1 Å². The SMILES string of the molecule is Cc1cc2cc(-c3csc(C(=O)NC(C)(C)C)c3)ccc2[nH]1. The van der Waals surface area contributed by atoms with Gasteiger partial charge in [0.15, 0.2) is 0 Å². The Hall–Kier alpha value is -2.07. The van der Waals surface area contributed by atoms with E-state index in [-0.39, 0.29) is 11.4 Å². The molecule has 22 heavy (non-hydrogen) atoms. The molecule has 0 bridgehead atoms. The lowest BCUT2D eigenvalue weighted by molar-refractivity contribution is 0.0924. The maximum Gasteiger partial charge on any atom is 0.261 e. The molecule has 3 rings (SSSR count). The first-order valence-corrected chi connectivity index (χ1v) is 8.21. The molecule has 0 saturated heterocycles. The third-order valence-corrected chi connectivity index (χ3v) is 4.33. The van der Waals surface area contributed by atoms with Crippen LogP contribution in [0.2, 0.25) is 0 Å². The molecule has 2 heterocycles. The molecule has 0 spiro atoms. The second-order valence-electron chi connectivity index (χ2n) is 6.66. The van der Waals surface area contributed by atoms with Gasteiger partial charge < -0.3 is 10.3 Å². The summed E-state index contributed by atoms with van der Waals surface area (Å²) < 4.78 is 0. The average Bonchev–Trinajstić information content (AvgIpc) is 3.00. The van der Waals surface area contributed by atoms with Crippen LogP contribution in [0.25, 0.3) is 22.0 Å². The Balaban J connectivity index is 1.90. The Morgan fingerprint density at radius 2 is 1.91 bits per heavy atom. The minimum atomic E-state index is -0.219. The molecule has 0 radical (unpaired) electrons. The molecule has 0 atom stereocenters. The Bertz CT molecular complexity index is 836. The van der Waals surface area contributed by atoms with Gasteiger partial charge >= 0.3 is 0 Å². The second kappa shape index (κ2) is 5.29. The van der Waals surface area contributed by atoms with Crippen molar-refractivity contribution in [1.29, 1.82) is 0 Å². The zero-order valence-electron chi connectivity index (χ0n) is 13.3. The molecule has 114 valence electrons. The summed E-state index contributed by atoms with van der Waals surface area (Å²) in [5.41, 5.74) is 4.30. The summed E-state index contributed by atoms with van der Waals surface area (Å²) in [5, 5.41) is 6.24. The number of H-pyrrole nitrogens is 1. The highest BCUT2D eigenvalue weighted by atomic mass is 32.1. The zero-order chi connectivity index (χ0) is 15.9. The Morgan fingerprint density at radius 3 is 2.64 bits per heavy atom. The number of benzene rings is 1. The fourth-order valence-corrected chi connectivity index (χ4v) is 3.28. The number of aromatic nitrogens is 1. The largest absolute Gasteiger partial charge is 0.359 e. The van der Waals surface area contributed by atoms with Crippen LogP contribution in [0.4, 0.5) is 0 Å². The molecule has 4 heteroatoms. The number of fused-ring (bicyclic) bond motifs is 1. The predicted octanol–water partition coefficient (Wildman–Crippen LogP) is 4.73. The van der Waals surface area contributed by atoms with E-state index in [4.69, 9.17) is 0 Å². The molecule has 1 aromatic carbocycles. The molecule has 0 fully saturated rings. The standard InChI is InChI=1S/C18H20N2OS/c1-11-7-13-8-12(5-6-15(13)19-11)14-9-16(22-10-14)17(21)20-18(2,3)4/h5-10,19H,1-4H3,(H,20,21). The molecular formula is C18H20N2OS. The van der Waals surface area contributed by atoms with Gasteiger partial charge in [0.25, 0.3) is 5.91 Å². The molecule has 1 amide bonds. The number of rotatable bonds is 2. The molecule has 2 aromatic heterocycles.